The Morgan fingerprint density at radius 2 is 2.27 bits per heavy atom. The van der Waals surface area contributed by atoms with Crippen LogP contribution in [0.4, 0.5) is 5.69 Å². The number of anilines is 1. The Bertz CT molecular complexity index is 716. The van der Waals surface area contributed by atoms with Crippen LogP contribution in [0.25, 0.3) is 0 Å². The van der Waals surface area contributed by atoms with Crippen LogP contribution in [0.5, 0.6) is 5.75 Å². The molecule has 2 heterocycles. The molecule has 0 saturated carbocycles. The second-order valence-electron chi connectivity index (χ2n) is 5.00. The molecule has 2 N–H and O–H groups in total. The molecule has 0 saturated heterocycles. The zero-order valence-corrected chi connectivity index (χ0v) is 12.0. The van der Waals surface area contributed by atoms with Crippen LogP contribution in [0, 0.1) is 0 Å². The molecule has 1 unspecified atom stereocenters. The average molecular weight is 297 g/mol. The molecule has 2 amide bonds. The first kappa shape index (κ1) is 14.1. The Hall–Kier alpha value is -2.89. The minimum absolute atomic E-state index is 0.193. The summed E-state index contributed by atoms with van der Waals surface area (Å²) in [7, 11) is 0. The van der Waals surface area contributed by atoms with E-state index in [1.54, 1.807) is 37.5 Å². The fraction of sp³-hybridized carbons (Fsp3) is 0.188. The van der Waals surface area contributed by atoms with E-state index in [-0.39, 0.29) is 11.8 Å². The normalized spacial score (nSPS) is 16.2. The third-order valence-corrected chi connectivity index (χ3v) is 3.35. The molecular weight excluding hydrogens is 282 g/mol. The number of aromatic nitrogens is 1. The van der Waals surface area contributed by atoms with E-state index in [9.17, 15) is 9.59 Å². The number of fused-ring (bicyclic) bond motifs is 1. The zero-order valence-electron chi connectivity index (χ0n) is 12.0. The van der Waals surface area contributed by atoms with Crippen molar-refractivity contribution in [1.29, 1.82) is 0 Å². The number of nitrogens with one attached hydrogen (secondary N) is 2. The van der Waals surface area contributed by atoms with E-state index in [1.807, 2.05) is 12.1 Å². The van der Waals surface area contributed by atoms with E-state index in [4.69, 9.17) is 4.74 Å². The standard InChI is InChI=1S/C16H15N3O3/c1-10-15(20)19-13-5-4-12(7-14(13)22-10)16(21)18-9-11-3-2-6-17-8-11/h2-8,10H,9H2,1H3,(H,18,21)(H,19,20). The quantitative estimate of drug-likeness (QED) is 0.904. The van der Waals surface area contributed by atoms with Crippen molar-refractivity contribution in [2.75, 3.05) is 5.32 Å². The first-order valence-electron chi connectivity index (χ1n) is 6.92. The van der Waals surface area contributed by atoms with Crippen LogP contribution in [0.2, 0.25) is 0 Å². The monoisotopic (exact) mass is 297 g/mol. The maximum atomic E-state index is 12.2. The van der Waals surface area contributed by atoms with Gasteiger partial charge in [-0.05, 0) is 36.8 Å². The molecule has 22 heavy (non-hydrogen) atoms. The van der Waals surface area contributed by atoms with Crippen molar-refractivity contribution in [3.05, 3.63) is 53.9 Å². The van der Waals surface area contributed by atoms with Gasteiger partial charge >= 0.3 is 0 Å². The van der Waals surface area contributed by atoms with Crippen molar-refractivity contribution in [3.63, 3.8) is 0 Å². The molecule has 1 aliphatic rings. The third kappa shape index (κ3) is 2.90. The molecule has 6 heteroatoms. The third-order valence-electron chi connectivity index (χ3n) is 3.35. The SMILES string of the molecule is CC1Oc2cc(C(=O)NCc3cccnc3)ccc2NC1=O. The second kappa shape index (κ2) is 5.85. The Morgan fingerprint density at radius 1 is 1.41 bits per heavy atom. The van der Waals surface area contributed by atoms with E-state index >= 15 is 0 Å². The number of pyridine rings is 1. The van der Waals surface area contributed by atoms with E-state index < -0.39 is 6.10 Å². The second-order valence-corrected chi connectivity index (χ2v) is 5.00. The van der Waals surface area contributed by atoms with E-state index in [2.05, 4.69) is 15.6 Å². The van der Waals surface area contributed by atoms with Crippen molar-refractivity contribution in [2.45, 2.75) is 19.6 Å². The van der Waals surface area contributed by atoms with Gasteiger partial charge < -0.3 is 15.4 Å². The van der Waals surface area contributed by atoms with Crippen LogP contribution < -0.4 is 15.4 Å². The zero-order chi connectivity index (χ0) is 15.5. The van der Waals surface area contributed by atoms with Gasteiger partial charge in [0.15, 0.2) is 6.10 Å². The van der Waals surface area contributed by atoms with Gasteiger partial charge in [-0.2, -0.15) is 0 Å². The number of ether oxygens (including phenoxy) is 1. The Kier molecular flexibility index (Phi) is 3.74. The van der Waals surface area contributed by atoms with Gasteiger partial charge in [-0.15, -0.1) is 0 Å². The summed E-state index contributed by atoms with van der Waals surface area (Å²) in [6.07, 6.45) is 2.82. The fourth-order valence-electron chi connectivity index (χ4n) is 2.13. The first-order chi connectivity index (χ1) is 10.6. The summed E-state index contributed by atoms with van der Waals surface area (Å²) in [6, 6.07) is 8.65. The molecule has 0 radical (unpaired) electrons. The van der Waals surface area contributed by atoms with Crippen LogP contribution in [0.1, 0.15) is 22.8 Å². The predicted octanol–water partition coefficient (Wildman–Crippen LogP) is 1.73. The van der Waals surface area contributed by atoms with Gasteiger partial charge in [-0.1, -0.05) is 6.07 Å². The highest BCUT2D eigenvalue weighted by Gasteiger charge is 2.24. The smallest absolute Gasteiger partial charge is 0.265 e. The lowest BCUT2D eigenvalue weighted by Crippen LogP contribution is -2.34. The Labute approximate surface area is 127 Å². The lowest BCUT2D eigenvalue weighted by atomic mass is 10.1. The number of hydrogen-bond acceptors (Lipinski definition) is 4. The highest BCUT2D eigenvalue weighted by molar-refractivity contribution is 6.00. The minimum Gasteiger partial charge on any atom is -0.479 e. The topological polar surface area (TPSA) is 80.3 Å². The average Bonchev–Trinajstić information content (AvgIpc) is 2.54. The molecule has 0 aliphatic carbocycles. The molecular formula is C16H15N3O3. The van der Waals surface area contributed by atoms with Crippen LogP contribution in [-0.2, 0) is 11.3 Å². The lowest BCUT2D eigenvalue weighted by Gasteiger charge is -2.23. The van der Waals surface area contributed by atoms with Gasteiger partial charge in [-0.25, -0.2) is 0 Å². The molecule has 1 aliphatic heterocycles. The van der Waals surface area contributed by atoms with Crippen LogP contribution >= 0.6 is 0 Å². The number of nitrogens with zero attached hydrogens (tertiary/aromatic N) is 1. The summed E-state index contributed by atoms with van der Waals surface area (Å²) in [5.41, 5.74) is 1.98. The number of hydrogen-bond donors (Lipinski definition) is 2. The van der Waals surface area contributed by atoms with Crippen molar-refractivity contribution < 1.29 is 14.3 Å². The molecule has 1 aromatic heterocycles. The van der Waals surface area contributed by atoms with Gasteiger partial charge in [0.1, 0.15) is 5.75 Å². The highest BCUT2D eigenvalue weighted by atomic mass is 16.5. The summed E-state index contributed by atoms with van der Waals surface area (Å²) in [6.45, 7) is 2.06. The van der Waals surface area contributed by atoms with Gasteiger partial charge in [0, 0.05) is 24.5 Å². The van der Waals surface area contributed by atoms with Crippen LogP contribution in [-0.4, -0.2) is 22.9 Å². The van der Waals surface area contributed by atoms with Gasteiger partial charge in [0.05, 0.1) is 5.69 Å². The molecule has 0 bridgehead atoms. The molecule has 6 nitrogen and oxygen atoms in total. The summed E-state index contributed by atoms with van der Waals surface area (Å²) >= 11 is 0. The van der Waals surface area contributed by atoms with Crippen LogP contribution in [0.3, 0.4) is 0 Å². The number of carbonyl (C=O) groups is 2. The fourth-order valence-corrected chi connectivity index (χ4v) is 2.13. The molecule has 0 fully saturated rings. The summed E-state index contributed by atoms with van der Waals surface area (Å²) in [5, 5.41) is 5.55. The first-order valence-corrected chi connectivity index (χ1v) is 6.92. The molecule has 1 atom stereocenters. The lowest BCUT2D eigenvalue weighted by molar-refractivity contribution is -0.122. The van der Waals surface area contributed by atoms with Crippen molar-refractivity contribution in [1.82, 2.24) is 10.3 Å². The summed E-state index contributed by atoms with van der Waals surface area (Å²) in [4.78, 5) is 27.7. The molecule has 112 valence electrons. The van der Waals surface area contributed by atoms with Crippen molar-refractivity contribution in [3.8, 4) is 5.75 Å². The molecule has 2 aromatic rings. The molecule has 1 aromatic carbocycles. The summed E-state index contributed by atoms with van der Waals surface area (Å²) < 4.78 is 5.50. The van der Waals surface area contributed by atoms with E-state index in [0.29, 0.717) is 23.5 Å². The maximum absolute atomic E-state index is 12.2. The summed E-state index contributed by atoms with van der Waals surface area (Å²) in [5.74, 6) is 0.0993. The number of carbonyl (C=O) groups excluding carboxylic acids is 2. The Morgan fingerprint density at radius 3 is 3.05 bits per heavy atom. The highest BCUT2D eigenvalue weighted by Crippen LogP contribution is 2.30. The predicted molar refractivity (Wildman–Crippen MR) is 80.6 cm³/mol. The number of benzene rings is 1. The van der Waals surface area contributed by atoms with Crippen molar-refractivity contribution in [2.24, 2.45) is 0 Å². The van der Waals surface area contributed by atoms with Crippen molar-refractivity contribution >= 4 is 17.5 Å². The van der Waals surface area contributed by atoms with Gasteiger partial charge in [0.25, 0.3) is 11.8 Å². The molecule has 0 spiro atoms. The van der Waals surface area contributed by atoms with Gasteiger partial charge in [0.2, 0.25) is 0 Å². The number of rotatable bonds is 3. The molecule has 3 rings (SSSR count). The van der Waals surface area contributed by atoms with E-state index in [1.165, 1.54) is 0 Å². The Balaban J connectivity index is 1.71. The van der Waals surface area contributed by atoms with Crippen LogP contribution in [0.15, 0.2) is 42.7 Å². The maximum Gasteiger partial charge on any atom is 0.265 e. The van der Waals surface area contributed by atoms with E-state index in [0.717, 1.165) is 5.56 Å². The number of amides is 2. The minimum atomic E-state index is -0.568. The largest absolute Gasteiger partial charge is 0.479 e. The van der Waals surface area contributed by atoms with Gasteiger partial charge in [-0.3, -0.25) is 14.6 Å².